The van der Waals surface area contributed by atoms with Crippen LogP contribution in [0.25, 0.3) is 0 Å². The Kier molecular flexibility index (Phi) is 6.90. The van der Waals surface area contributed by atoms with Crippen molar-refractivity contribution in [1.82, 2.24) is 9.62 Å². The third-order valence-electron chi connectivity index (χ3n) is 6.22. The lowest BCUT2D eigenvalue weighted by Crippen LogP contribution is -2.45. The predicted molar refractivity (Wildman–Crippen MR) is 124 cm³/mol. The van der Waals surface area contributed by atoms with Gasteiger partial charge in [-0.1, -0.05) is 19.1 Å². The molecule has 2 aliphatic heterocycles. The quantitative estimate of drug-likeness (QED) is 0.649. The number of nitrogens with one attached hydrogen (secondary N) is 2. The van der Waals surface area contributed by atoms with Gasteiger partial charge in [0.25, 0.3) is 5.91 Å². The molecule has 2 N–H and O–H groups in total. The van der Waals surface area contributed by atoms with Crippen molar-refractivity contribution in [3.8, 4) is 5.75 Å². The summed E-state index contributed by atoms with van der Waals surface area (Å²) in [5.74, 6) is -0.999. The van der Waals surface area contributed by atoms with Crippen molar-refractivity contribution in [2.45, 2.75) is 50.7 Å². The van der Waals surface area contributed by atoms with E-state index in [1.807, 2.05) is 6.92 Å². The van der Waals surface area contributed by atoms with Crippen LogP contribution in [0.3, 0.4) is 0 Å². The molecule has 34 heavy (non-hydrogen) atoms. The van der Waals surface area contributed by atoms with Gasteiger partial charge in [-0.3, -0.25) is 9.59 Å². The molecule has 0 bridgehead atoms. The first-order valence-corrected chi connectivity index (χ1v) is 12.8. The second-order valence-electron chi connectivity index (χ2n) is 8.66. The Morgan fingerprint density at radius 1 is 1.26 bits per heavy atom. The molecule has 0 aliphatic carbocycles. The van der Waals surface area contributed by atoms with Crippen LogP contribution >= 0.6 is 0 Å². The highest BCUT2D eigenvalue weighted by atomic mass is 32.2. The zero-order valence-electron chi connectivity index (χ0n) is 19.1. The van der Waals surface area contributed by atoms with Crippen LogP contribution in [0.4, 0.5) is 10.1 Å². The molecule has 0 spiro atoms. The topological polar surface area (TPSA) is 105 Å². The normalized spacial score (nSPS) is 20.7. The lowest BCUT2D eigenvalue weighted by Gasteiger charge is -2.32. The van der Waals surface area contributed by atoms with Gasteiger partial charge in [-0.05, 0) is 55.5 Å². The highest BCUT2D eigenvalue weighted by molar-refractivity contribution is 7.89. The highest BCUT2D eigenvalue weighted by Gasteiger charge is 2.35. The Bertz CT molecular complexity index is 1200. The second kappa shape index (κ2) is 9.71. The number of halogens is 1. The molecular weight excluding hydrogens is 461 g/mol. The summed E-state index contributed by atoms with van der Waals surface area (Å²) >= 11 is 0. The molecule has 2 aromatic carbocycles. The van der Waals surface area contributed by atoms with Gasteiger partial charge in [-0.2, -0.15) is 4.31 Å². The van der Waals surface area contributed by atoms with Crippen molar-refractivity contribution in [2.24, 2.45) is 5.92 Å². The number of rotatable bonds is 6. The monoisotopic (exact) mass is 489 g/mol. The molecule has 1 fully saturated rings. The highest BCUT2D eigenvalue weighted by Crippen LogP contribution is 2.36. The van der Waals surface area contributed by atoms with E-state index in [1.54, 1.807) is 25.1 Å². The molecule has 0 radical (unpaired) electrons. The van der Waals surface area contributed by atoms with Gasteiger partial charge in [0.05, 0.1) is 16.5 Å². The number of fused-ring (bicyclic) bond motifs is 1. The molecular formula is C24H28FN3O5S. The standard InChI is InChI=1S/C24H28FN3O5S/c1-3-20-24(30)27-19-11-15(2)22(12-21(19)33-20)34(31,32)28-10-4-5-17(14-28)23(29)26-13-16-6-8-18(25)9-7-16/h6-9,11-12,17,20H,3-5,10,13-14H2,1-2H3,(H,26,29)(H,27,30)/t17-,20+/m1/s1. The van der Waals surface area contributed by atoms with E-state index in [0.717, 1.165) is 5.56 Å². The predicted octanol–water partition coefficient (Wildman–Crippen LogP) is 2.96. The van der Waals surface area contributed by atoms with Gasteiger partial charge in [-0.15, -0.1) is 0 Å². The maximum atomic E-state index is 13.5. The van der Waals surface area contributed by atoms with Crippen molar-refractivity contribution in [3.63, 3.8) is 0 Å². The summed E-state index contributed by atoms with van der Waals surface area (Å²) in [6.45, 7) is 4.12. The van der Waals surface area contributed by atoms with Crippen molar-refractivity contribution < 1.29 is 27.1 Å². The van der Waals surface area contributed by atoms with Crippen molar-refractivity contribution in [2.75, 3.05) is 18.4 Å². The first-order chi connectivity index (χ1) is 16.2. The molecule has 182 valence electrons. The number of piperidine rings is 1. The van der Waals surface area contributed by atoms with Gasteiger partial charge >= 0.3 is 0 Å². The number of ether oxygens (including phenoxy) is 1. The first kappa shape index (κ1) is 24.2. The number of nitrogens with zero attached hydrogens (tertiary/aromatic N) is 1. The van der Waals surface area contributed by atoms with Crippen LogP contribution in [-0.4, -0.2) is 43.7 Å². The number of carbonyl (C=O) groups is 2. The SMILES string of the molecule is CC[C@@H]1Oc2cc(S(=O)(=O)N3CCC[C@@H](C(=O)NCc4ccc(F)cc4)C3)c(C)cc2NC1=O. The summed E-state index contributed by atoms with van der Waals surface area (Å²) in [4.78, 5) is 24.9. The molecule has 0 aromatic heterocycles. The number of anilines is 1. The molecule has 8 nitrogen and oxygen atoms in total. The average Bonchev–Trinajstić information content (AvgIpc) is 2.82. The minimum absolute atomic E-state index is 0.0727. The van der Waals surface area contributed by atoms with Crippen molar-refractivity contribution in [3.05, 3.63) is 53.3 Å². The van der Waals surface area contributed by atoms with Crippen LogP contribution in [0, 0.1) is 18.7 Å². The molecule has 2 amide bonds. The van der Waals surface area contributed by atoms with Crippen molar-refractivity contribution in [1.29, 1.82) is 0 Å². The fourth-order valence-corrected chi connectivity index (χ4v) is 6.03. The first-order valence-electron chi connectivity index (χ1n) is 11.3. The van der Waals surface area contributed by atoms with E-state index >= 15 is 0 Å². The number of hydrogen-bond donors (Lipinski definition) is 2. The maximum absolute atomic E-state index is 13.5. The van der Waals surface area contributed by atoms with E-state index in [0.29, 0.717) is 42.8 Å². The zero-order valence-corrected chi connectivity index (χ0v) is 20.0. The molecule has 2 aromatic rings. The molecule has 0 saturated carbocycles. The minimum atomic E-state index is -3.88. The van der Waals surface area contributed by atoms with Crippen molar-refractivity contribution >= 4 is 27.5 Å². The number of hydrogen-bond acceptors (Lipinski definition) is 5. The van der Waals surface area contributed by atoms with E-state index in [9.17, 15) is 22.4 Å². The number of sulfonamides is 1. The fourth-order valence-electron chi connectivity index (χ4n) is 4.28. The summed E-state index contributed by atoms with van der Waals surface area (Å²) in [7, 11) is -3.88. The number of amides is 2. The van der Waals surface area contributed by atoms with E-state index in [2.05, 4.69) is 10.6 Å². The van der Waals surface area contributed by atoms with E-state index in [4.69, 9.17) is 4.74 Å². The van der Waals surface area contributed by atoms with Gasteiger partial charge in [0.15, 0.2) is 6.10 Å². The Morgan fingerprint density at radius 2 is 2.00 bits per heavy atom. The van der Waals surface area contributed by atoms with Crippen LogP contribution in [0.15, 0.2) is 41.3 Å². The summed E-state index contributed by atoms with van der Waals surface area (Å²) < 4.78 is 47.1. The Labute approximate surface area is 198 Å². The Morgan fingerprint density at radius 3 is 2.71 bits per heavy atom. The van der Waals surface area contributed by atoms with Gasteiger partial charge < -0.3 is 15.4 Å². The zero-order chi connectivity index (χ0) is 24.5. The van der Waals surface area contributed by atoms with Crippen LogP contribution in [0.5, 0.6) is 5.75 Å². The lowest BCUT2D eigenvalue weighted by molar-refractivity contribution is -0.126. The molecule has 0 unspecified atom stereocenters. The third-order valence-corrected chi connectivity index (χ3v) is 8.23. The van der Waals surface area contributed by atoms with E-state index in [-0.39, 0.29) is 35.6 Å². The molecule has 1 saturated heterocycles. The van der Waals surface area contributed by atoms with Gasteiger partial charge in [-0.25, -0.2) is 12.8 Å². The van der Waals surface area contributed by atoms with Crippen LogP contribution in [-0.2, 0) is 26.2 Å². The van der Waals surface area contributed by atoms with Crippen LogP contribution in [0.1, 0.15) is 37.3 Å². The maximum Gasteiger partial charge on any atom is 0.265 e. The lowest BCUT2D eigenvalue weighted by atomic mass is 9.99. The molecule has 10 heteroatoms. The summed E-state index contributed by atoms with van der Waals surface area (Å²) in [6, 6.07) is 8.91. The van der Waals surface area contributed by atoms with Gasteiger partial charge in [0.2, 0.25) is 15.9 Å². The fraction of sp³-hybridized carbons (Fsp3) is 0.417. The average molecular weight is 490 g/mol. The van der Waals surface area contributed by atoms with Gasteiger partial charge in [0, 0.05) is 25.7 Å². The second-order valence-corrected chi connectivity index (χ2v) is 10.6. The molecule has 2 aliphatic rings. The van der Waals surface area contributed by atoms with E-state index < -0.39 is 22.0 Å². The Balaban J connectivity index is 1.48. The van der Waals surface area contributed by atoms with Crippen LogP contribution in [0.2, 0.25) is 0 Å². The number of aryl methyl sites for hydroxylation is 1. The number of benzene rings is 2. The van der Waals surface area contributed by atoms with Gasteiger partial charge in [0.1, 0.15) is 11.6 Å². The molecule has 2 atom stereocenters. The molecule has 4 rings (SSSR count). The van der Waals surface area contributed by atoms with E-state index in [1.165, 1.54) is 22.5 Å². The third kappa shape index (κ3) is 4.92. The minimum Gasteiger partial charge on any atom is -0.478 e. The summed E-state index contributed by atoms with van der Waals surface area (Å²) in [6.07, 6.45) is 0.928. The smallest absolute Gasteiger partial charge is 0.265 e. The molecule has 2 heterocycles. The van der Waals surface area contributed by atoms with Crippen LogP contribution < -0.4 is 15.4 Å². The largest absolute Gasteiger partial charge is 0.478 e. The number of carbonyl (C=O) groups excluding carboxylic acids is 2. The Hall–Kier alpha value is -2.98. The summed E-state index contributed by atoms with van der Waals surface area (Å²) in [5, 5.41) is 5.59. The summed E-state index contributed by atoms with van der Waals surface area (Å²) in [5.41, 5.74) is 1.69.